The summed E-state index contributed by atoms with van der Waals surface area (Å²) in [4.78, 5) is 0. The van der Waals surface area contributed by atoms with E-state index in [1.54, 1.807) is 0 Å². The van der Waals surface area contributed by atoms with Gasteiger partial charge in [-0.25, -0.2) is 21.6 Å². The average molecular weight is 297 g/mol. The van der Waals surface area contributed by atoms with E-state index in [2.05, 4.69) is 4.72 Å². The van der Waals surface area contributed by atoms with Crippen molar-refractivity contribution in [2.75, 3.05) is 11.5 Å². The maximum atomic E-state index is 12.0. The van der Waals surface area contributed by atoms with Gasteiger partial charge < -0.3 is 5.11 Å². The Morgan fingerprint density at radius 2 is 1.78 bits per heavy atom. The van der Waals surface area contributed by atoms with Crippen LogP contribution in [0.1, 0.15) is 32.1 Å². The van der Waals surface area contributed by atoms with E-state index < -0.39 is 37.3 Å². The van der Waals surface area contributed by atoms with Gasteiger partial charge in [-0.1, -0.05) is 12.8 Å². The van der Waals surface area contributed by atoms with Gasteiger partial charge in [0.1, 0.15) is 0 Å². The van der Waals surface area contributed by atoms with Crippen LogP contribution in [-0.2, 0) is 19.9 Å². The minimum Gasteiger partial charge on any atom is -0.391 e. The molecule has 1 saturated carbocycles. The second-order valence-electron chi connectivity index (χ2n) is 5.15. The highest BCUT2D eigenvalue weighted by Crippen LogP contribution is 2.22. The molecule has 1 saturated heterocycles. The van der Waals surface area contributed by atoms with Crippen LogP contribution in [0.2, 0.25) is 0 Å². The SMILES string of the molecule is O=S1(=O)CCC(S(=O)(=O)NC2CCCCC2O)C1. The molecule has 3 unspecified atom stereocenters. The normalized spacial score (nSPS) is 36.6. The topological polar surface area (TPSA) is 101 Å². The molecule has 0 bridgehead atoms. The Hall–Kier alpha value is -0.180. The molecule has 0 amide bonds. The lowest BCUT2D eigenvalue weighted by Crippen LogP contribution is -2.48. The Balaban J connectivity index is 2.03. The number of hydrogen-bond donors (Lipinski definition) is 2. The Bertz CT molecular complexity index is 498. The zero-order chi connectivity index (χ0) is 13.4. The van der Waals surface area contributed by atoms with Gasteiger partial charge in [0.2, 0.25) is 10.0 Å². The molecule has 3 atom stereocenters. The van der Waals surface area contributed by atoms with E-state index in [1.165, 1.54) is 0 Å². The van der Waals surface area contributed by atoms with E-state index >= 15 is 0 Å². The largest absolute Gasteiger partial charge is 0.391 e. The molecule has 0 aromatic rings. The summed E-state index contributed by atoms with van der Waals surface area (Å²) in [5.41, 5.74) is 0. The number of hydrogen-bond acceptors (Lipinski definition) is 5. The van der Waals surface area contributed by atoms with Crippen molar-refractivity contribution in [1.29, 1.82) is 0 Å². The predicted molar refractivity (Wildman–Crippen MR) is 67.4 cm³/mol. The summed E-state index contributed by atoms with van der Waals surface area (Å²) in [5.74, 6) is -0.364. The molecule has 2 N–H and O–H groups in total. The highest BCUT2D eigenvalue weighted by Gasteiger charge is 2.39. The molecule has 1 aliphatic carbocycles. The van der Waals surface area contributed by atoms with Crippen LogP contribution in [-0.4, -0.2) is 50.8 Å². The van der Waals surface area contributed by atoms with Crippen molar-refractivity contribution in [2.24, 2.45) is 0 Å². The molecule has 0 spiro atoms. The molecule has 1 aliphatic heterocycles. The summed E-state index contributed by atoms with van der Waals surface area (Å²) in [6.07, 6.45) is 2.48. The fraction of sp³-hybridized carbons (Fsp3) is 1.00. The number of sulfone groups is 1. The smallest absolute Gasteiger partial charge is 0.215 e. The average Bonchev–Trinajstić information content (AvgIpc) is 2.63. The number of sulfonamides is 1. The summed E-state index contributed by atoms with van der Waals surface area (Å²) in [5, 5.41) is 8.87. The van der Waals surface area contributed by atoms with E-state index in [0.717, 1.165) is 12.8 Å². The lowest BCUT2D eigenvalue weighted by molar-refractivity contribution is 0.101. The van der Waals surface area contributed by atoms with Crippen LogP contribution in [0.3, 0.4) is 0 Å². The van der Waals surface area contributed by atoms with Crippen LogP contribution in [0.4, 0.5) is 0 Å². The Labute approximate surface area is 108 Å². The van der Waals surface area contributed by atoms with Crippen molar-refractivity contribution in [2.45, 2.75) is 49.5 Å². The first-order chi connectivity index (χ1) is 8.30. The zero-order valence-corrected chi connectivity index (χ0v) is 11.7. The highest BCUT2D eigenvalue weighted by atomic mass is 32.2. The van der Waals surface area contributed by atoms with Crippen LogP contribution in [0.15, 0.2) is 0 Å². The third kappa shape index (κ3) is 3.23. The van der Waals surface area contributed by atoms with Crippen molar-refractivity contribution >= 4 is 19.9 Å². The van der Waals surface area contributed by atoms with E-state index in [0.29, 0.717) is 12.8 Å². The van der Waals surface area contributed by atoms with E-state index in [-0.39, 0.29) is 17.9 Å². The van der Waals surface area contributed by atoms with Crippen LogP contribution >= 0.6 is 0 Å². The zero-order valence-electron chi connectivity index (χ0n) is 10.1. The van der Waals surface area contributed by atoms with Crippen molar-refractivity contribution in [3.63, 3.8) is 0 Å². The van der Waals surface area contributed by atoms with Crippen LogP contribution in [0.5, 0.6) is 0 Å². The summed E-state index contributed by atoms with van der Waals surface area (Å²) >= 11 is 0. The molecule has 2 fully saturated rings. The Morgan fingerprint density at radius 3 is 2.33 bits per heavy atom. The van der Waals surface area contributed by atoms with Gasteiger partial charge in [-0.3, -0.25) is 0 Å². The van der Waals surface area contributed by atoms with Gasteiger partial charge in [0, 0.05) is 6.04 Å². The van der Waals surface area contributed by atoms with E-state index in [4.69, 9.17) is 0 Å². The highest BCUT2D eigenvalue weighted by molar-refractivity contribution is 7.95. The molecule has 0 aromatic heterocycles. The lowest BCUT2D eigenvalue weighted by atomic mass is 9.93. The Morgan fingerprint density at radius 1 is 1.11 bits per heavy atom. The third-order valence-electron chi connectivity index (χ3n) is 3.67. The van der Waals surface area contributed by atoms with Gasteiger partial charge in [-0.05, 0) is 19.3 Å². The van der Waals surface area contributed by atoms with Gasteiger partial charge in [0.15, 0.2) is 9.84 Å². The first-order valence-corrected chi connectivity index (χ1v) is 9.56. The van der Waals surface area contributed by atoms with Gasteiger partial charge in [0.25, 0.3) is 0 Å². The molecule has 1 heterocycles. The van der Waals surface area contributed by atoms with Crippen molar-refractivity contribution in [3.05, 3.63) is 0 Å². The van der Waals surface area contributed by atoms with Crippen molar-refractivity contribution in [3.8, 4) is 0 Å². The summed E-state index contributed by atoms with van der Waals surface area (Å²) in [7, 11) is -6.87. The number of aliphatic hydroxyl groups excluding tert-OH is 1. The second kappa shape index (κ2) is 5.07. The predicted octanol–water partition coefficient (Wildman–Crippen LogP) is -0.604. The number of aliphatic hydroxyl groups is 1. The lowest BCUT2D eigenvalue weighted by Gasteiger charge is -2.29. The summed E-state index contributed by atoms with van der Waals surface area (Å²) in [6, 6.07) is -0.466. The molecule has 18 heavy (non-hydrogen) atoms. The first-order valence-electron chi connectivity index (χ1n) is 6.20. The maximum absolute atomic E-state index is 12.0. The molecule has 2 rings (SSSR count). The van der Waals surface area contributed by atoms with E-state index in [1.807, 2.05) is 0 Å². The van der Waals surface area contributed by atoms with Gasteiger partial charge in [-0.2, -0.15) is 0 Å². The van der Waals surface area contributed by atoms with Crippen LogP contribution in [0, 0.1) is 0 Å². The first kappa shape index (κ1) is 14.2. The fourth-order valence-corrected chi connectivity index (χ4v) is 6.91. The molecule has 0 radical (unpaired) electrons. The fourth-order valence-electron chi connectivity index (χ4n) is 2.56. The minimum absolute atomic E-state index is 0.0637. The summed E-state index contributed by atoms with van der Waals surface area (Å²) in [6.45, 7) is 0. The van der Waals surface area contributed by atoms with Crippen LogP contribution in [0.25, 0.3) is 0 Å². The number of nitrogens with one attached hydrogen (secondary N) is 1. The maximum Gasteiger partial charge on any atom is 0.215 e. The quantitative estimate of drug-likeness (QED) is 0.724. The molecule has 2 aliphatic rings. The molecule has 106 valence electrons. The van der Waals surface area contributed by atoms with E-state index in [9.17, 15) is 21.9 Å². The number of rotatable bonds is 3. The minimum atomic E-state index is -3.65. The Kier molecular flexibility index (Phi) is 4.01. The van der Waals surface area contributed by atoms with Crippen molar-refractivity contribution < 1.29 is 21.9 Å². The third-order valence-corrected chi connectivity index (χ3v) is 7.56. The second-order valence-corrected chi connectivity index (χ2v) is 9.37. The standard InChI is InChI=1S/C10H19NO5S2/c12-10-4-2-1-3-9(10)11-18(15,16)8-5-6-17(13,14)7-8/h8-12H,1-7H2. The van der Waals surface area contributed by atoms with Crippen molar-refractivity contribution in [1.82, 2.24) is 4.72 Å². The van der Waals surface area contributed by atoms with Gasteiger partial charge in [-0.15, -0.1) is 0 Å². The molecule has 0 aromatic carbocycles. The molecular weight excluding hydrogens is 278 g/mol. The molecule has 8 heteroatoms. The summed E-state index contributed by atoms with van der Waals surface area (Å²) < 4.78 is 49.2. The molecular formula is C10H19NO5S2. The molecule has 6 nitrogen and oxygen atoms in total. The van der Waals surface area contributed by atoms with Crippen LogP contribution < -0.4 is 4.72 Å². The monoisotopic (exact) mass is 297 g/mol. The van der Waals surface area contributed by atoms with Gasteiger partial charge in [0.05, 0.1) is 22.9 Å². The van der Waals surface area contributed by atoms with Gasteiger partial charge >= 0.3 is 0 Å².